The molecule has 5 heteroatoms. The van der Waals surface area contributed by atoms with Crippen LogP contribution in [0.3, 0.4) is 0 Å². The van der Waals surface area contributed by atoms with Gasteiger partial charge in [0.15, 0.2) is 5.82 Å². The Morgan fingerprint density at radius 2 is 2.24 bits per heavy atom. The largest absolute Gasteiger partial charge is 0.355 e. The van der Waals surface area contributed by atoms with Crippen molar-refractivity contribution in [1.82, 2.24) is 19.3 Å². The first kappa shape index (κ1) is 11.7. The molecule has 17 heavy (non-hydrogen) atoms. The van der Waals surface area contributed by atoms with Gasteiger partial charge >= 0.3 is 0 Å². The van der Waals surface area contributed by atoms with Crippen LogP contribution in [0.25, 0.3) is 5.82 Å². The van der Waals surface area contributed by atoms with Crippen molar-refractivity contribution in [3.05, 3.63) is 24.2 Å². The second-order valence-electron chi connectivity index (χ2n) is 4.20. The minimum Gasteiger partial charge on any atom is -0.355 e. The van der Waals surface area contributed by atoms with Crippen LogP contribution in [0.1, 0.15) is 25.5 Å². The molecule has 0 aliphatic heterocycles. The van der Waals surface area contributed by atoms with Crippen LogP contribution < -0.4 is 5.32 Å². The summed E-state index contributed by atoms with van der Waals surface area (Å²) in [7, 11) is 1.91. The lowest BCUT2D eigenvalue weighted by Crippen LogP contribution is -2.07. The van der Waals surface area contributed by atoms with Gasteiger partial charge in [0.25, 0.3) is 0 Å². The second-order valence-corrected chi connectivity index (χ2v) is 4.20. The van der Waals surface area contributed by atoms with Crippen LogP contribution in [0.5, 0.6) is 0 Å². The maximum absolute atomic E-state index is 4.47. The quantitative estimate of drug-likeness (QED) is 0.805. The highest BCUT2D eigenvalue weighted by molar-refractivity contribution is 5.38. The van der Waals surface area contributed by atoms with Gasteiger partial charge in [0.05, 0.1) is 5.69 Å². The normalized spacial score (nSPS) is 10.8. The van der Waals surface area contributed by atoms with E-state index >= 15 is 0 Å². The monoisotopic (exact) mass is 233 g/mol. The van der Waals surface area contributed by atoms with Gasteiger partial charge in [-0.3, -0.25) is 9.25 Å². The van der Waals surface area contributed by atoms with Crippen molar-refractivity contribution in [3.63, 3.8) is 0 Å². The molecule has 0 fully saturated rings. The van der Waals surface area contributed by atoms with Crippen molar-refractivity contribution in [3.8, 4) is 5.82 Å². The molecule has 2 aromatic heterocycles. The zero-order chi connectivity index (χ0) is 12.3. The van der Waals surface area contributed by atoms with E-state index in [0.717, 1.165) is 30.4 Å². The lowest BCUT2D eigenvalue weighted by Gasteiger charge is -2.06. The number of anilines is 1. The predicted octanol–water partition coefficient (Wildman–Crippen LogP) is 2.13. The highest BCUT2D eigenvalue weighted by atomic mass is 15.3. The Bertz CT molecular complexity index is 483. The molecule has 0 spiro atoms. The molecule has 1 N–H and O–H groups in total. The van der Waals surface area contributed by atoms with Gasteiger partial charge in [-0.1, -0.05) is 13.3 Å². The summed E-state index contributed by atoms with van der Waals surface area (Å²) in [6, 6.07) is 1.98. The minimum absolute atomic E-state index is 0.870. The summed E-state index contributed by atoms with van der Waals surface area (Å²) in [6.07, 6.45) is 6.25. The Hall–Kier alpha value is -1.78. The van der Waals surface area contributed by atoms with E-state index in [0.29, 0.717) is 0 Å². The van der Waals surface area contributed by atoms with E-state index in [1.54, 1.807) is 4.68 Å². The van der Waals surface area contributed by atoms with Crippen molar-refractivity contribution in [2.24, 2.45) is 7.05 Å². The number of unbranched alkanes of at least 4 members (excludes halogenated alkanes) is 1. The van der Waals surface area contributed by atoms with Crippen LogP contribution in [-0.4, -0.2) is 25.9 Å². The van der Waals surface area contributed by atoms with E-state index in [4.69, 9.17) is 0 Å². The molecule has 0 radical (unpaired) electrons. The molecule has 0 saturated heterocycles. The number of nitrogens with zero attached hydrogens (tertiary/aromatic N) is 4. The molecule has 0 bridgehead atoms. The summed E-state index contributed by atoms with van der Waals surface area (Å²) < 4.78 is 3.78. The van der Waals surface area contributed by atoms with Gasteiger partial charge in [0.2, 0.25) is 5.95 Å². The number of hydrogen-bond donors (Lipinski definition) is 1. The lowest BCUT2D eigenvalue weighted by atomic mass is 10.3. The molecule has 0 aliphatic carbocycles. The number of rotatable bonds is 5. The summed E-state index contributed by atoms with van der Waals surface area (Å²) in [5.74, 6) is 1.77. The number of nitrogens with one attached hydrogen (secondary N) is 1. The van der Waals surface area contributed by atoms with Crippen molar-refractivity contribution in [2.75, 3.05) is 11.9 Å². The minimum atomic E-state index is 0.870. The Morgan fingerprint density at radius 1 is 1.41 bits per heavy atom. The molecule has 2 heterocycles. The molecule has 0 atom stereocenters. The van der Waals surface area contributed by atoms with Gasteiger partial charge < -0.3 is 5.32 Å². The molecular formula is C12H19N5. The summed E-state index contributed by atoms with van der Waals surface area (Å²) >= 11 is 0. The fraction of sp³-hybridized carbons (Fsp3) is 0.500. The van der Waals surface area contributed by atoms with E-state index in [1.165, 1.54) is 6.42 Å². The molecule has 2 aromatic rings. The average Bonchev–Trinajstić information content (AvgIpc) is 2.85. The molecule has 0 unspecified atom stereocenters. The number of hydrogen-bond acceptors (Lipinski definition) is 3. The van der Waals surface area contributed by atoms with Gasteiger partial charge in [-0.15, -0.1) is 0 Å². The van der Waals surface area contributed by atoms with E-state index in [1.807, 2.05) is 37.0 Å². The fourth-order valence-corrected chi connectivity index (χ4v) is 1.71. The van der Waals surface area contributed by atoms with Crippen LogP contribution in [0.15, 0.2) is 18.5 Å². The summed E-state index contributed by atoms with van der Waals surface area (Å²) in [4.78, 5) is 4.47. The van der Waals surface area contributed by atoms with Crippen LogP contribution >= 0.6 is 0 Å². The topological polar surface area (TPSA) is 47.7 Å². The van der Waals surface area contributed by atoms with Crippen molar-refractivity contribution < 1.29 is 0 Å². The van der Waals surface area contributed by atoms with Crippen LogP contribution in [0.4, 0.5) is 5.95 Å². The number of imidazole rings is 1. The van der Waals surface area contributed by atoms with Crippen molar-refractivity contribution >= 4 is 5.95 Å². The fourth-order valence-electron chi connectivity index (χ4n) is 1.71. The molecule has 5 nitrogen and oxygen atoms in total. The highest BCUT2D eigenvalue weighted by Gasteiger charge is 2.08. The molecule has 0 aliphatic rings. The molecule has 92 valence electrons. The van der Waals surface area contributed by atoms with E-state index in [-0.39, 0.29) is 0 Å². The first-order valence-electron chi connectivity index (χ1n) is 6.00. The number of aryl methyl sites for hydroxylation is 2. The summed E-state index contributed by atoms with van der Waals surface area (Å²) in [5.41, 5.74) is 0.995. The third kappa shape index (κ3) is 2.67. The molecule has 0 aromatic carbocycles. The highest BCUT2D eigenvalue weighted by Crippen LogP contribution is 2.14. The smallest absolute Gasteiger partial charge is 0.208 e. The van der Waals surface area contributed by atoms with E-state index in [9.17, 15) is 0 Å². The van der Waals surface area contributed by atoms with E-state index in [2.05, 4.69) is 22.3 Å². The molecular weight excluding hydrogens is 214 g/mol. The second kappa shape index (κ2) is 5.03. The third-order valence-electron chi connectivity index (χ3n) is 2.59. The molecule has 0 saturated carbocycles. The maximum Gasteiger partial charge on any atom is 0.208 e. The van der Waals surface area contributed by atoms with Crippen molar-refractivity contribution in [1.29, 1.82) is 0 Å². The van der Waals surface area contributed by atoms with Gasteiger partial charge in [0.1, 0.15) is 0 Å². The Kier molecular flexibility index (Phi) is 3.46. The predicted molar refractivity (Wildman–Crippen MR) is 68.5 cm³/mol. The average molecular weight is 233 g/mol. The summed E-state index contributed by atoms with van der Waals surface area (Å²) in [6.45, 7) is 5.11. The number of aromatic nitrogens is 4. The SMILES string of the molecule is CCCCNc1nc(C)cn1-c1ccn(C)n1. The van der Waals surface area contributed by atoms with Crippen LogP contribution in [0, 0.1) is 6.92 Å². The zero-order valence-electron chi connectivity index (χ0n) is 10.6. The Labute approximate surface area is 101 Å². The first-order valence-corrected chi connectivity index (χ1v) is 6.00. The summed E-state index contributed by atoms with van der Waals surface area (Å²) in [5, 5.41) is 7.73. The zero-order valence-corrected chi connectivity index (χ0v) is 10.6. The van der Waals surface area contributed by atoms with Gasteiger partial charge in [-0.25, -0.2) is 4.98 Å². The Morgan fingerprint density at radius 3 is 2.88 bits per heavy atom. The lowest BCUT2D eigenvalue weighted by molar-refractivity contribution is 0.750. The first-order chi connectivity index (χ1) is 8.20. The standard InChI is InChI=1S/C12H19N5/c1-4-5-7-13-12-14-10(2)9-17(12)11-6-8-16(3)15-11/h6,8-9H,4-5,7H2,1-3H3,(H,13,14). The van der Waals surface area contributed by atoms with Gasteiger partial charge in [-0.2, -0.15) is 5.10 Å². The third-order valence-corrected chi connectivity index (χ3v) is 2.59. The van der Waals surface area contributed by atoms with Gasteiger partial charge in [0, 0.05) is 32.1 Å². The van der Waals surface area contributed by atoms with Crippen LogP contribution in [-0.2, 0) is 7.05 Å². The van der Waals surface area contributed by atoms with Crippen molar-refractivity contribution in [2.45, 2.75) is 26.7 Å². The van der Waals surface area contributed by atoms with Crippen LogP contribution in [0.2, 0.25) is 0 Å². The molecule has 0 amide bonds. The Balaban J connectivity index is 2.21. The maximum atomic E-state index is 4.47. The van der Waals surface area contributed by atoms with E-state index < -0.39 is 0 Å². The molecule has 2 rings (SSSR count). The van der Waals surface area contributed by atoms with Gasteiger partial charge in [-0.05, 0) is 13.3 Å².